The second-order valence-corrected chi connectivity index (χ2v) is 8.84. The molecule has 1 atom stereocenters. The van der Waals surface area contributed by atoms with Gasteiger partial charge >= 0.3 is 5.97 Å². The fourth-order valence-corrected chi connectivity index (χ4v) is 4.99. The molecule has 0 bridgehead atoms. The maximum Gasteiger partial charge on any atom is 0.338 e. The van der Waals surface area contributed by atoms with Crippen LogP contribution in [0.25, 0.3) is 11.0 Å². The Morgan fingerprint density at radius 3 is 2.45 bits per heavy atom. The number of pyridine rings is 1. The summed E-state index contributed by atoms with van der Waals surface area (Å²) in [5.41, 5.74) is 2.02. The van der Waals surface area contributed by atoms with Crippen LogP contribution in [0.3, 0.4) is 0 Å². The van der Waals surface area contributed by atoms with E-state index >= 15 is 0 Å². The van der Waals surface area contributed by atoms with Gasteiger partial charge in [0.05, 0.1) is 12.7 Å². The topological polar surface area (TPSA) is 47.4 Å². The zero-order valence-electron chi connectivity index (χ0n) is 17.7. The van der Waals surface area contributed by atoms with Crippen molar-refractivity contribution in [3.8, 4) is 0 Å². The van der Waals surface area contributed by atoms with Crippen LogP contribution in [0.2, 0.25) is 0 Å². The molecule has 1 aromatic carbocycles. The van der Waals surface area contributed by atoms with Crippen LogP contribution in [-0.4, -0.2) is 40.6 Å². The van der Waals surface area contributed by atoms with Gasteiger partial charge in [0.2, 0.25) is 0 Å². The van der Waals surface area contributed by atoms with Crippen molar-refractivity contribution in [2.24, 2.45) is 7.05 Å². The number of carbonyl (C=O) groups excluding carboxylic acids is 1. The molecular weight excluding hydrogens is 468 g/mol. The molecule has 0 saturated carbocycles. The Hall–Kier alpha value is -2.32. The lowest BCUT2D eigenvalue weighted by Gasteiger charge is -2.36. The molecule has 4 rings (SSSR count). The third-order valence-corrected chi connectivity index (χ3v) is 7.02. The van der Waals surface area contributed by atoms with Crippen LogP contribution in [0.4, 0.5) is 8.78 Å². The number of halogens is 3. The van der Waals surface area contributed by atoms with E-state index in [-0.39, 0.29) is 23.1 Å². The Morgan fingerprint density at radius 2 is 1.87 bits per heavy atom. The first-order chi connectivity index (χ1) is 14.8. The number of aryl methyl sites for hydroxylation is 1. The minimum atomic E-state index is -0.746. The summed E-state index contributed by atoms with van der Waals surface area (Å²) in [6.45, 7) is 3.59. The summed E-state index contributed by atoms with van der Waals surface area (Å²) < 4.78 is 37.0. The summed E-state index contributed by atoms with van der Waals surface area (Å²) in [4.78, 5) is 18.4. The lowest BCUT2D eigenvalue weighted by molar-refractivity contribution is 0.0599. The van der Waals surface area contributed by atoms with E-state index < -0.39 is 17.6 Å². The minimum absolute atomic E-state index is 0.0673. The number of methoxy groups -OCH3 is 1. The highest BCUT2D eigenvalue weighted by atomic mass is 79.9. The Morgan fingerprint density at radius 1 is 1.23 bits per heavy atom. The van der Waals surface area contributed by atoms with Crippen molar-refractivity contribution < 1.29 is 18.3 Å². The van der Waals surface area contributed by atoms with Gasteiger partial charge in [0.1, 0.15) is 17.3 Å². The van der Waals surface area contributed by atoms with Gasteiger partial charge in [-0.05, 0) is 79.0 Å². The molecule has 2 aromatic heterocycles. The van der Waals surface area contributed by atoms with E-state index in [0.717, 1.165) is 46.4 Å². The molecule has 0 aliphatic carbocycles. The average molecular weight is 492 g/mol. The first-order valence-electron chi connectivity index (χ1n) is 10.2. The lowest BCUT2D eigenvalue weighted by atomic mass is 9.87. The normalized spacial score (nSPS) is 16.6. The molecule has 1 fully saturated rings. The van der Waals surface area contributed by atoms with Gasteiger partial charge in [0, 0.05) is 40.4 Å². The second-order valence-electron chi connectivity index (χ2n) is 7.99. The second kappa shape index (κ2) is 8.67. The molecular formula is C23H24BrF2N3O2. The van der Waals surface area contributed by atoms with Crippen molar-refractivity contribution in [1.29, 1.82) is 0 Å². The summed E-state index contributed by atoms with van der Waals surface area (Å²) in [5, 5.41) is 1.07. The highest BCUT2D eigenvalue weighted by Crippen LogP contribution is 2.36. The summed E-state index contributed by atoms with van der Waals surface area (Å²) in [7, 11) is 3.20. The van der Waals surface area contributed by atoms with E-state index in [9.17, 15) is 13.6 Å². The molecule has 164 valence electrons. The van der Waals surface area contributed by atoms with Gasteiger partial charge in [-0.2, -0.15) is 0 Å². The van der Waals surface area contributed by atoms with Gasteiger partial charge in [-0.15, -0.1) is 0 Å². The number of nitrogens with zero attached hydrogens (tertiary/aromatic N) is 3. The monoisotopic (exact) mass is 491 g/mol. The third-order valence-electron chi connectivity index (χ3n) is 6.33. The van der Waals surface area contributed by atoms with Crippen LogP contribution in [-0.2, 0) is 11.8 Å². The fourth-order valence-electron chi connectivity index (χ4n) is 4.58. The van der Waals surface area contributed by atoms with Crippen molar-refractivity contribution in [2.75, 3.05) is 20.2 Å². The predicted octanol–water partition coefficient (Wildman–Crippen LogP) is 5.34. The maximum absolute atomic E-state index is 14.6. The van der Waals surface area contributed by atoms with E-state index in [0.29, 0.717) is 12.8 Å². The summed E-state index contributed by atoms with van der Waals surface area (Å²) >= 11 is 3.59. The minimum Gasteiger partial charge on any atom is -0.465 e. The lowest BCUT2D eigenvalue weighted by Crippen LogP contribution is -2.36. The Kier molecular flexibility index (Phi) is 6.12. The molecule has 1 unspecified atom stereocenters. The Labute approximate surface area is 188 Å². The van der Waals surface area contributed by atoms with Crippen molar-refractivity contribution >= 4 is 32.9 Å². The Balaban J connectivity index is 1.51. The predicted molar refractivity (Wildman–Crippen MR) is 118 cm³/mol. The van der Waals surface area contributed by atoms with Crippen LogP contribution in [0.5, 0.6) is 0 Å². The smallest absolute Gasteiger partial charge is 0.338 e. The highest BCUT2D eigenvalue weighted by molar-refractivity contribution is 9.10. The molecule has 3 aromatic rings. The molecule has 5 nitrogen and oxygen atoms in total. The molecule has 1 saturated heterocycles. The van der Waals surface area contributed by atoms with Crippen molar-refractivity contribution in [3.63, 3.8) is 0 Å². The molecule has 8 heteroatoms. The molecule has 1 aliphatic rings. The third kappa shape index (κ3) is 3.99. The van der Waals surface area contributed by atoms with Crippen molar-refractivity contribution in [2.45, 2.75) is 31.7 Å². The standard InChI is InChI=1S/C23H24BrF2N3O2/c1-13(20-12-16-17(24)4-7-27-22(16)28(20)2)29-8-5-14(6-9-29)21-18(25)10-15(11-19(21)26)23(30)31-3/h4,7,10-14H,5-6,8-9H2,1-3H3. The number of fused-ring (bicyclic) bond motifs is 1. The molecule has 0 spiro atoms. The van der Waals surface area contributed by atoms with Crippen LogP contribution >= 0.6 is 15.9 Å². The number of aromatic nitrogens is 2. The van der Waals surface area contributed by atoms with Crippen LogP contribution < -0.4 is 0 Å². The molecule has 0 radical (unpaired) electrons. The van der Waals surface area contributed by atoms with Crippen LogP contribution in [0.1, 0.15) is 53.3 Å². The Bertz CT molecular complexity index is 1120. The number of hydrogen-bond donors (Lipinski definition) is 0. The van der Waals surface area contributed by atoms with Crippen LogP contribution in [0.15, 0.2) is 34.9 Å². The first kappa shape index (κ1) is 21.9. The van der Waals surface area contributed by atoms with Gasteiger partial charge in [0.15, 0.2) is 0 Å². The van der Waals surface area contributed by atoms with Crippen molar-refractivity contribution in [1.82, 2.24) is 14.5 Å². The number of hydrogen-bond acceptors (Lipinski definition) is 4. The molecule has 3 heterocycles. The molecule has 1 aliphatic heterocycles. The molecule has 0 N–H and O–H groups in total. The number of likely N-dealkylation sites (tertiary alicyclic amines) is 1. The molecule has 31 heavy (non-hydrogen) atoms. The number of ether oxygens (including phenoxy) is 1. The van der Waals surface area contributed by atoms with E-state index in [2.05, 4.69) is 48.1 Å². The first-order valence-corrected chi connectivity index (χ1v) is 11.0. The maximum atomic E-state index is 14.6. The summed E-state index contributed by atoms with van der Waals surface area (Å²) in [5.74, 6) is -2.34. The van der Waals surface area contributed by atoms with Crippen molar-refractivity contribution in [3.05, 3.63) is 63.4 Å². The fraction of sp³-hybridized carbons (Fsp3) is 0.391. The van der Waals surface area contributed by atoms with Gasteiger partial charge < -0.3 is 9.30 Å². The van der Waals surface area contributed by atoms with Gasteiger partial charge in [-0.3, -0.25) is 4.90 Å². The van der Waals surface area contributed by atoms with Gasteiger partial charge in [0.25, 0.3) is 0 Å². The van der Waals surface area contributed by atoms with Gasteiger partial charge in [-0.25, -0.2) is 18.6 Å². The summed E-state index contributed by atoms with van der Waals surface area (Å²) in [6.07, 6.45) is 3.06. The van der Waals surface area contributed by atoms with E-state index in [1.807, 2.05) is 13.1 Å². The quantitative estimate of drug-likeness (QED) is 0.462. The number of piperidine rings is 1. The summed E-state index contributed by atoms with van der Waals surface area (Å²) in [6, 6.07) is 6.35. The van der Waals surface area contributed by atoms with Gasteiger partial charge in [-0.1, -0.05) is 0 Å². The zero-order valence-corrected chi connectivity index (χ0v) is 19.2. The van der Waals surface area contributed by atoms with E-state index in [1.165, 1.54) is 7.11 Å². The van der Waals surface area contributed by atoms with Crippen LogP contribution in [0, 0.1) is 11.6 Å². The number of carbonyl (C=O) groups is 1. The number of esters is 1. The zero-order chi connectivity index (χ0) is 22.3. The van der Waals surface area contributed by atoms with E-state index in [4.69, 9.17) is 0 Å². The SMILES string of the molecule is COC(=O)c1cc(F)c(C2CCN(C(C)c3cc4c(Br)ccnc4n3C)CC2)c(F)c1. The van der Waals surface area contributed by atoms with E-state index in [1.54, 1.807) is 6.20 Å². The molecule has 0 amide bonds. The number of rotatable bonds is 4. The highest BCUT2D eigenvalue weighted by Gasteiger charge is 2.30. The number of benzene rings is 1. The average Bonchev–Trinajstić information content (AvgIpc) is 3.10. The largest absolute Gasteiger partial charge is 0.465 e.